The molecule has 0 aliphatic rings. The smallest absolute Gasteiger partial charge is 0.115 e. The maximum atomic E-state index is 9.56. The van der Waals surface area contributed by atoms with Crippen LogP contribution in [0.25, 0.3) is 10.9 Å². The maximum Gasteiger partial charge on any atom is 0.115 e. The number of anilines is 1. The summed E-state index contributed by atoms with van der Waals surface area (Å²) in [5, 5.41) is 18.3. The van der Waals surface area contributed by atoms with E-state index in [0.717, 1.165) is 28.7 Å². The average Bonchev–Trinajstić information content (AvgIpc) is 2.58. The Morgan fingerprint density at radius 3 is 2.76 bits per heavy atom. The van der Waals surface area contributed by atoms with Gasteiger partial charge in [-0.25, -0.2) is 0 Å². The molecule has 130 valence electrons. The van der Waals surface area contributed by atoms with E-state index >= 15 is 0 Å². The molecule has 3 N–H and O–H groups in total. The Balaban J connectivity index is 1.66. The molecule has 0 amide bonds. The first-order valence-corrected chi connectivity index (χ1v) is 8.62. The number of aromatic nitrogens is 1. The molecule has 0 atom stereocenters. The molecule has 0 unspecified atom stereocenters. The number of pyridine rings is 1. The summed E-state index contributed by atoms with van der Waals surface area (Å²) in [6.07, 6.45) is 1.79. The second-order valence-electron chi connectivity index (χ2n) is 6.78. The number of halogens is 1. The number of phenols is 1. The number of aromatic hydroxyl groups is 1. The zero-order chi connectivity index (χ0) is 17.9. The van der Waals surface area contributed by atoms with Crippen molar-refractivity contribution in [1.82, 2.24) is 10.3 Å². The zero-order valence-corrected chi connectivity index (χ0v) is 15.1. The van der Waals surface area contributed by atoms with Gasteiger partial charge in [0.15, 0.2) is 0 Å². The molecule has 25 heavy (non-hydrogen) atoms. The monoisotopic (exact) mass is 355 g/mol. The predicted molar refractivity (Wildman–Crippen MR) is 104 cm³/mol. The van der Waals surface area contributed by atoms with Gasteiger partial charge in [0.1, 0.15) is 5.75 Å². The van der Waals surface area contributed by atoms with Gasteiger partial charge in [-0.1, -0.05) is 23.7 Å². The number of rotatable bonds is 6. The third-order valence-corrected chi connectivity index (χ3v) is 4.34. The van der Waals surface area contributed by atoms with Crippen LogP contribution in [0.4, 0.5) is 5.69 Å². The van der Waals surface area contributed by atoms with E-state index in [-0.39, 0.29) is 11.3 Å². The summed E-state index contributed by atoms with van der Waals surface area (Å²) >= 11 is 6.04. The van der Waals surface area contributed by atoms with Crippen LogP contribution in [0, 0.1) is 0 Å². The van der Waals surface area contributed by atoms with Gasteiger partial charge in [-0.05, 0) is 55.8 Å². The van der Waals surface area contributed by atoms with Crippen molar-refractivity contribution in [1.29, 1.82) is 0 Å². The molecule has 3 aromatic rings. The number of phenolic OH excluding ortho intramolecular Hbond substituents is 1. The van der Waals surface area contributed by atoms with Crippen LogP contribution < -0.4 is 10.6 Å². The summed E-state index contributed by atoms with van der Waals surface area (Å²) in [6.45, 7) is 5.72. The first kappa shape index (κ1) is 17.5. The number of nitrogens with one attached hydrogen (secondary N) is 2. The van der Waals surface area contributed by atoms with Gasteiger partial charge < -0.3 is 15.7 Å². The fraction of sp³-hybridized carbons (Fsp3) is 0.250. The third-order valence-electron chi connectivity index (χ3n) is 4.11. The number of hydrogen-bond acceptors (Lipinski definition) is 4. The maximum absolute atomic E-state index is 9.56. The third kappa shape index (κ3) is 4.62. The van der Waals surface area contributed by atoms with Crippen molar-refractivity contribution in [3.8, 4) is 5.75 Å². The minimum atomic E-state index is -0.131. The summed E-state index contributed by atoms with van der Waals surface area (Å²) in [7, 11) is 0. The molecular formula is C20H22ClN3O. The molecule has 0 saturated carbocycles. The highest BCUT2D eigenvalue weighted by molar-refractivity contribution is 6.31. The Labute approximate surface area is 152 Å². The van der Waals surface area contributed by atoms with Crippen LogP contribution in [-0.4, -0.2) is 22.2 Å². The zero-order valence-electron chi connectivity index (χ0n) is 14.4. The number of nitrogens with zero attached hydrogens (tertiary/aromatic N) is 1. The molecule has 5 heteroatoms. The standard InChI is InChI=1S/C20H22ClN3O/c1-20(2,24-12-14-4-3-5-16(25)10-14)13-23-18-8-9-22-19-11-15(21)6-7-17(18)19/h3-11,24-25H,12-13H2,1-2H3,(H,22,23). The molecule has 0 fully saturated rings. The lowest BCUT2D eigenvalue weighted by molar-refractivity contribution is 0.406. The van der Waals surface area contributed by atoms with E-state index in [2.05, 4.69) is 29.5 Å². The van der Waals surface area contributed by atoms with Crippen molar-refractivity contribution in [3.05, 3.63) is 65.3 Å². The Kier molecular flexibility index (Phi) is 5.11. The summed E-state index contributed by atoms with van der Waals surface area (Å²) < 4.78 is 0. The molecule has 0 radical (unpaired) electrons. The second kappa shape index (κ2) is 7.30. The van der Waals surface area contributed by atoms with Crippen LogP contribution in [0.1, 0.15) is 19.4 Å². The van der Waals surface area contributed by atoms with Crippen molar-refractivity contribution in [2.45, 2.75) is 25.9 Å². The highest BCUT2D eigenvalue weighted by atomic mass is 35.5. The summed E-state index contributed by atoms with van der Waals surface area (Å²) in [5.41, 5.74) is 2.84. The van der Waals surface area contributed by atoms with E-state index in [4.69, 9.17) is 11.6 Å². The van der Waals surface area contributed by atoms with Crippen LogP contribution >= 0.6 is 11.6 Å². The summed E-state index contributed by atoms with van der Waals surface area (Å²) in [5.74, 6) is 0.289. The van der Waals surface area contributed by atoms with Gasteiger partial charge in [0.25, 0.3) is 0 Å². The van der Waals surface area contributed by atoms with Crippen molar-refractivity contribution >= 4 is 28.2 Å². The van der Waals surface area contributed by atoms with Crippen molar-refractivity contribution in [2.24, 2.45) is 0 Å². The summed E-state index contributed by atoms with van der Waals surface area (Å²) in [6, 6.07) is 15.0. The average molecular weight is 356 g/mol. The topological polar surface area (TPSA) is 57.2 Å². The van der Waals surface area contributed by atoms with E-state index < -0.39 is 0 Å². The normalized spacial score (nSPS) is 11.6. The molecule has 0 saturated heterocycles. The molecule has 1 aromatic heterocycles. The Morgan fingerprint density at radius 2 is 1.96 bits per heavy atom. The largest absolute Gasteiger partial charge is 0.508 e. The molecular weight excluding hydrogens is 334 g/mol. The van der Waals surface area contributed by atoms with Gasteiger partial charge >= 0.3 is 0 Å². The van der Waals surface area contributed by atoms with Crippen LogP contribution in [0.5, 0.6) is 5.75 Å². The quantitative estimate of drug-likeness (QED) is 0.606. The fourth-order valence-corrected chi connectivity index (χ4v) is 2.83. The fourth-order valence-electron chi connectivity index (χ4n) is 2.66. The first-order valence-electron chi connectivity index (χ1n) is 8.24. The van der Waals surface area contributed by atoms with E-state index in [1.165, 1.54) is 0 Å². The van der Waals surface area contributed by atoms with Crippen molar-refractivity contribution in [3.63, 3.8) is 0 Å². The molecule has 0 bridgehead atoms. The molecule has 1 heterocycles. The van der Waals surface area contributed by atoms with Gasteiger partial charge in [0.2, 0.25) is 0 Å². The van der Waals surface area contributed by atoms with E-state index in [1.54, 1.807) is 18.3 Å². The van der Waals surface area contributed by atoms with Crippen LogP contribution in [-0.2, 0) is 6.54 Å². The van der Waals surface area contributed by atoms with Crippen LogP contribution in [0.3, 0.4) is 0 Å². The summed E-state index contributed by atoms with van der Waals surface area (Å²) in [4.78, 5) is 4.37. The van der Waals surface area contributed by atoms with Gasteiger partial charge in [-0.2, -0.15) is 0 Å². The van der Waals surface area contributed by atoms with Crippen LogP contribution in [0.2, 0.25) is 5.02 Å². The number of fused-ring (bicyclic) bond motifs is 1. The molecule has 0 spiro atoms. The molecule has 4 nitrogen and oxygen atoms in total. The lowest BCUT2D eigenvalue weighted by Crippen LogP contribution is -2.44. The highest BCUT2D eigenvalue weighted by Gasteiger charge is 2.17. The SMILES string of the molecule is CC(C)(CNc1ccnc2cc(Cl)ccc12)NCc1cccc(O)c1. The Hall–Kier alpha value is -2.30. The lowest BCUT2D eigenvalue weighted by atomic mass is 10.0. The number of benzene rings is 2. The van der Waals surface area contributed by atoms with Crippen molar-refractivity contribution in [2.75, 3.05) is 11.9 Å². The van der Waals surface area contributed by atoms with E-state index in [9.17, 15) is 5.11 Å². The van der Waals surface area contributed by atoms with Gasteiger partial charge in [-0.15, -0.1) is 0 Å². The van der Waals surface area contributed by atoms with Gasteiger partial charge in [-0.3, -0.25) is 4.98 Å². The van der Waals surface area contributed by atoms with Crippen LogP contribution in [0.15, 0.2) is 54.7 Å². The Morgan fingerprint density at radius 1 is 1.12 bits per heavy atom. The second-order valence-corrected chi connectivity index (χ2v) is 7.22. The molecule has 0 aliphatic carbocycles. The predicted octanol–water partition coefficient (Wildman–Crippen LogP) is 4.57. The Bertz CT molecular complexity index is 880. The minimum absolute atomic E-state index is 0.131. The van der Waals surface area contributed by atoms with Crippen molar-refractivity contribution < 1.29 is 5.11 Å². The van der Waals surface area contributed by atoms with Gasteiger partial charge in [0.05, 0.1) is 5.52 Å². The number of hydrogen-bond donors (Lipinski definition) is 3. The molecule has 0 aliphatic heterocycles. The van der Waals surface area contributed by atoms with E-state index in [0.29, 0.717) is 11.6 Å². The van der Waals surface area contributed by atoms with Gasteiger partial charge in [0, 0.05) is 40.9 Å². The molecule has 2 aromatic carbocycles. The first-order chi connectivity index (χ1) is 11.9. The lowest BCUT2D eigenvalue weighted by Gasteiger charge is -2.27. The highest BCUT2D eigenvalue weighted by Crippen LogP contribution is 2.24. The molecule has 3 rings (SSSR count). The van der Waals surface area contributed by atoms with E-state index in [1.807, 2.05) is 36.4 Å². The minimum Gasteiger partial charge on any atom is -0.508 e.